The van der Waals surface area contributed by atoms with Gasteiger partial charge in [0.2, 0.25) is 0 Å². The third kappa shape index (κ3) is 3.27. The van der Waals surface area contributed by atoms with Gasteiger partial charge in [-0.1, -0.05) is 6.92 Å². The lowest BCUT2D eigenvalue weighted by Gasteiger charge is -2.33. The molecule has 0 aromatic heterocycles. The van der Waals surface area contributed by atoms with E-state index in [0.717, 1.165) is 32.7 Å². The third-order valence-electron chi connectivity index (χ3n) is 2.73. The van der Waals surface area contributed by atoms with Gasteiger partial charge in [0.25, 0.3) is 0 Å². The summed E-state index contributed by atoms with van der Waals surface area (Å²) in [5.74, 6) is -0.118. The molecule has 1 rings (SSSR count). The summed E-state index contributed by atoms with van der Waals surface area (Å²) in [6.07, 6.45) is 0. The summed E-state index contributed by atoms with van der Waals surface area (Å²) in [6.45, 7) is 7.03. The first-order chi connectivity index (χ1) is 6.63. The Kier molecular flexibility index (Phi) is 4.35. The van der Waals surface area contributed by atoms with Crippen LogP contribution in [-0.4, -0.2) is 62.7 Å². The van der Waals surface area contributed by atoms with Gasteiger partial charge in [0, 0.05) is 32.7 Å². The van der Waals surface area contributed by atoms with Crippen molar-refractivity contribution in [1.29, 1.82) is 0 Å². The third-order valence-corrected chi connectivity index (χ3v) is 2.73. The van der Waals surface area contributed by atoms with Crippen LogP contribution in [0.5, 0.6) is 0 Å². The fourth-order valence-electron chi connectivity index (χ4n) is 1.69. The maximum absolute atomic E-state index is 11.2. The molecule has 0 N–H and O–H groups in total. The molecule has 0 bridgehead atoms. The van der Waals surface area contributed by atoms with Gasteiger partial charge in [0.15, 0.2) is 0 Å². The van der Waals surface area contributed by atoms with E-state index >= 15 is 0 Å². The molecular formula is C10H20N2O2. The van der Waals surface area contributed by atoms with Crippen LogP contribution in [0.25, 0.3) is 0 Å². The number of esters is 1. The summed E-state index contributed by atoms with van der Waals surface area (Å²) in [7, 11) is 3.57. The smallest absolute Gasteiger partial charge is 0.309 e. The molecule has 0 radical (unpaired) electrons. The van der Waals surface area contributed by atoms with E-state index in [1.807, 2.05) is 6.92 Å². The predicted molar refractivity (Wildman–Crippen MR) is 55.1 cm³/mol. The summed E-state index contributed by atoms with van der Waals surface area (Å²) >= 11 is 0. The van der Waals surface area contributed by atoms with E-state index in [-0.39, 0.29) is 11.9 Å². The first-order valence-electron chi connectivity index (χ1n) is 5.12. The van der Waals surface area contributed by atoms with Gasteiger partial charge in [-0.15, -0.1) is 0 Å². The molecule has 0 saturated carbocycles. The predicted octanol–water partition coefficient (Wildman–Crippen LogP) is 0.0429. The van der Waals surface area contributed by atoms with Gasteiger partial charge in [-0.2, -0.15) is 0 Å². The highest BCUT2D eigenvalue weighted by molar-refractivity contribution is 5.72. The van der Waals surface area contributed by atoms with E-state index < -0.39 is 0 Å². The molecule has 0 unspecified atom stereocenters. The Morgan fingerprint density at radius 1 is 1.36 bits per heavy atom. The molecule has 1 saturated heterocycles. The molecule has 4 nitrogen and oxygen atoms in total. The number of ether oxygens (including phenoxy) is 1. The first kappa shape index (κ1) is 11.5. The molecule has 0 aromatic rings. The molecule has 0 aliphatic carbocycles. The zero-order valence-corrected chi connectivity index (χ0v) is 9.32. The summed E-state index contributed by atoms with van der Waals surface area (Å²) in [6, 6.07) is 0. The number of hydrogen-bond donors (Lipinski definition) is 0. The number of rotatable bonds is 3. The van der Waals surface area contributed by atoms with Crippen molar-refractivity contribution < 1.29 is 9.53 Å². The van der Waals surface area contributed by atoms with Crippen molar-refractivity contribution in [3.8, 4) is 0 Å². The van der Waals surface area contributed by atoms with Crippen molar-refractivity contribution in [3.05, 3.63) is 0 Å². The van der Waals surface area contributed by atoms with Gasteiger partial charge in [0.05, 0.1) is 13.0 Å². The summed E-state index contributed by atoms with van der Waals surface area (Å²) < 4.78 is 4.70. The molecule has 0 amide bonds. The van der Waals surface area contributed by atoms with E-state index in [1.165, 1.54) is 7.11 Å². The largest absolute Gasteiger partial charge is 0.469 e. The number of likely N-dealkylation sites (N-methyl/N-ethyl adjacent to an activating group) is 1. The summed E-state index contributed by atoms with van der Waals surface area (Å²) in [5, 5.41) is 0. The fraction of sp³-hybridized carbons (Fsp3) is 0.900. The Morgan fingerprint density at radius 3 is 2.43 bits per heavy atom. The van der Waals surface area contributed by atoms with Gasteiger partial charge in [-0.05, 0) is 7.05 Å². The molecule has 1 aliphatic heterocycles. The van der Waals surface area contributed by atoms with Crippen molar-refractivity contribution in [2.24, 2.45) is 5.92 Å². The highest BCUT2D eigenvalue weighted by Crippen LogP contribution is 2.05. The van der Waals surface area contributed by atoms with Crippen LogP contribution in [0.1, 0.15) is 6.92 Å². The van der Waals surface area contributed by atoms with Crippen LogP contribution in [0.15, 0.2) is 0 Å². The normalized spacial score (nSPS) is 21.9. The lowest BCUT2D eigenvalue weighted by atomic mass is 10.1. The minimum absolute atomic E-state index is 0.0107. The molecule has 1 atom stereocenters. The Balaban J connectivity index is 2.27. The highest BCUT2D eigenvalue weighted by atomic mass is 16.5. The lowest BCUT2D eigenvalue weighted by Crippen LogP contribution is -2.46. The second-order valence-corrected chi connectivity index (χ2v) is 4.03. The second kappa shape index (κ2) is 5.32. The minimum atomic E-state index is -0.107. The molecule has 14 heavy (non-hydrogen) atoms. The van der Waals surface area contributed by atoms with Crippen molar-refractivity contribution in [2.75, 3.05) is 46.9 Å². The molecule has 4 heteroatoms. The SMILES string of the molecule is COC(=O)[C@@H](C)CN1CCN(C)CC1. The van der Waals surface area contributed by atoms with E-state index in [0.29, 0.717) is 0 Å². The molecular weight excluding hydrogens is 180 g/mol. The maximum atomic E-state index is 11.2. The summed E-state index contributed by atoms with van der Waals surface area (Å²) in [4.78, 5) is 15.8. The molecule has 82 valence electrons. The van der Waals surface area contributed by atoms with Gasteiger partial charge in [-0.25, -0.2) is 0 Å². The van der Waals surface area contributed by atoms with Crippen LogP contribution in [0.3, 0.4) is 0 Å². The quantitative estimate of drug-likeness (QED) is 0.602. The fourth-order valence-corrected chi connectivity index (χ4v) is 1.69. The van der Waals surface area contributed by atoms with Crippen molar-refractivity contribution >= 4 is 5.97 Å². The lowest BCUT2D eigenvalue weighted by molar-refractivity contribution is -0.145. The van der Waals surface area contributed by atoms with Crippen molar-refractivity contribution in [3.63, 3.8) is 0 Å². The number of carbonyl (C=O) groups excluding carboxylic acids is 1. The highest BCUT2D eigenvalue weighted by Gasteiger charge is 2.20. The Bertz CT molecular complexity index is 189. The number of hydrogen-bond acceptors (Lipinski definition) is 4. The van der Waals surface area contributed by atoms with E-state index in [1.54, 1.807) is 0 Å². The zero-order valence-electron chi connectivity index (χ0n) is 9.32. The van der Waals surface area contributed by atoms with Crippen LogP contribution < -0.4 is 0 Å². The molecule has 1 heterocycles. The standard InChI is InChI=1S/C10H20N2O2/c1-9(10(13)14-3)8-12-6-4-11(2)5-7-12/h9H,4-8H2,1-3H3/t9-/m0/s1. The number of methoxy groups -OCH3 is 1. The van der Waals surface area contributed by atoms with Crippen LogP contribution >= 0.6 is 0 Å². The number of carbonyl (C=O) groups is 1. The number of piperazine rings is 1. The first-order valence-corrected chi connectivity index (χ1v) is 5.12. The Labute approximate surface area is 85.8 Å². The number of nitrogens with zero attached hydrogens (tertiary/aromatic N) is 2. The maximum Gasteiger partial charge on any atom is 0.309 e. The van der Waals surface area contributed by atoms with E-state index in [4.69, 9.17) is 4.74 Å². The van der Waals surface area contributed by atoms with E-state index in [9.17, 15) is 4.79 Å². The molecule has 0 aromatic carbocycles. The minimum Gasteiger partial charge on any atom is -0.469 e. The average Bonchev–Trinajstić information content (AvgIpc) is 2.20. The second-order valence-electron chi connectivity index (χ2n) is 4.03. The van der Waals surface area contributed by atoms with Gasteiger partial charge in [-0.3, -0.25) is 9.69 Å². The van der Waals surface area contributed by atoms with Crippen LogP contribution in [0.4, 0.5) is 0 Å². The van der Waals surface area contributed by atoms with Gasteiger partial charge >= 0.3 is 5.97 Å². The Morgan fingerprint density at radius 2 is 1.93 bits per heavy atom. The molecule has 1 aliphatic rings. The Hall–Kier alpha value is -0.610. The average molecular weight is 200 g/mol. The summed E-state index contributed by atoms with van der Waals surface area (Å²) in [5.41, 5.74) is 0. The van der Waals surface area contributed by atoms with Crippen molar-refractivity contribution in [2.45, 2.75) is 6.92 Å². The van der Waals surface area contributed by atoms with Crippen LogP contribution in [0, 0.1) is 5.92 Å². The van der Waals surface area contributed by atoms with E-state index in [2.05, 4.69) is 16.8 Å². The van der Waals surface area contributed by atoms with Crippen LogP contribution in [-0.2, 0) is 9.53 Å². The van der Waals surface area contributed by atoms with Crippen LogP contribution in [0.2, 0.25) is 0 Å². The zero-order chi connectivity index (χ0) is 10.6. The van der Waals surface area contributed by atoms with Gasteiger partial charge in [0.1, 0.15) is 0 Å². The topological polar surface area (TPSA) is 32.8 Å². The van der Waals surface area contributed by atoms with Gasteiger partial charge < -0.3 is 9.64 Å². The molecule has 0 spiro atoms. The molecule has 1 fully saturated rings. The monoisotopic (exact) mass is 200 g/mol. The van der Waals surface area contributed by atoms with Crippen molar-refractivity contribution in [1.82, 2.24) is 9.80 Å².